The van der Waals surface area contributed by atoms with Crippen LogP contribution in [0, 0.1) is 5.92 Å². The highest BCUT2D eigenvalue weighted by Gasteiger charge is 2.35. The zero-order chi connectivity index (χ0) is 23.4. The molecule has 33 heavy (non-hydrogen) atoms. The number of hydrogen-bond acceptors (Lipinski definition) is 4. The second kappa shape index (κ2) is 9.75. The number of urea groups is 1. The molecule has 2 aromatic carbocycles. The number of halogens is 1. The van der Waals surface area contributed by atoms with Crippen LogP contribution in [0.3, 0.4) is 0 Å². The van der Waals surface area contributed by atoms with Gasteiger partial charge >= 0.3 is 6.03 Å². The summed E-state index contributed by atoms with van der Waals surface area (Å²) in [4.78, 5) is 38.3. The SMILES string of the molecule is COc1ccc(C2=CC=CC(/C=C3\NC(=O)N(CC(=O)Nc4ccc(Cl)cc4)C3=O)C2)cc1. The first kappa shape index (κ1) is 22.4. The Morgan fingerprint density at radius 1 is 1.18 bits per heavy atom. The highest BCUT2D eigenvalue weighted by molar-refractivity contribution is 6.30. The van der Waals surface area contributed by atoms with Gasteiger partial charge in [0, 0.05) is 16.6 Å². The van der Waals surface area contributed by atoms with E-state index >= 15 is 0 Å². The van der Waals surface area contributed by atoms with Crippen molar-refractivity contribution in [3.8, 4) is 5.75 Å². The maximum Gasteiger partial charge on any atom is 0.329 e. The number of amides is 4. The van der Waals surface area contributed by atoms with E-state index in [-0.39, 0.29) is 18.2 Å². The molecule has 0 saturated carbocycles. The van der Waals surface area contributed by atoms with Crippen LogP contribution in [0.4, 0.5) is 10.5 Å². The predicted molar refractivity (Wildman–Crippen MR) is 127 cm³/mol. The quantitative estimate of drug-likeness (QED) is 0.491. The van der Waals surface area contributed by atoms with Crippen LogP contribution >= 0.6 is 11.6 Å². The van der Waals surface area contributed by atoms with E-state index in [1.54, 1.807) is 37.5 Å². The van der Waals surface area contributed by atoms with Gasteiger partial charge in [-0.25, -0.2) is 9.69 Å². The third kappa shape index (κ3) is 5.32. The van der Waals surface area contributed by atoms with E-state index in [1.807, 2.05) is 42.5 Å². The summed E-state index contributed by atoms with van der Waals surface area (Å²) >= 11 is 5.84. The number of methoxy groups -OCH3 is 1. The number of carbonyl (C=O) groups is 3. The normalized spacial score (nSPS) is 18.8. The lowest BCUT2D eigenvalue weighted by Gasteiger charge is -2.16. The molecular formula is C25H22ClN3O4. The molecule has 8 heteroatoms. The monoisotopic (exact) mass is 463 g/mol. The molecule has 2 aromatic rings. The van der Waals surface area contributed by atoms with Gasteiger partial charge in [0.2, 0.25) is 5.91 Å². The summed E-state index contributed by atoms with van der Waals surface area (Å²) in [5.74, 6) is -0.303. The minimum atomic E-state index is -0.622. The Bertz CT molecular complexity index is 1170. The minimum Gasteiger partial charge on any atom is -0.497 e. The highest BCUT2D eigenvalue weighted by Crippen LogP contribution is 2.30. The van der Waals surface area contributed by atoms with Gasteiger partial charge in [0.1, 0.15) is 18.0 Å². The number of imide groups is 1. The van der Waals surface area contributed by atoms with Crippen molar-refractivity contribution in [2.24, 2.45) is 5.92 Å². The summed E-state index contributed by atoms with van der Waals surface area (Å²) in [5.41, 5.74) is 2.87. The predicted octanol–water partition coefficient (Wildman–Crippen LogP) is 4.38. The van der Waals surface area contributed by atoms with Crippen molar-refractivity contribution in [1.82, 2.24) is 10.2 Å². The largest absolute Gasteiger partial charge is 0.497 e. The number of nitrogens with zero attached hydrogens (tertiary/aromatic N) is 1. The highest BCUT2D eigenvalue weighted by atomic mass is 35.5. The molecule has 1 aliphatic carbocycles. The second-order valence-corrected chi connectivity index (χ2v) is 8.07. The third-order valence-electron chi connectivity index (χ3n) is 5.34. The van der Waals surface area contributed by atoms with Crippen LogP contribution in [0.25, 0.3) is 5.57 Å². The Morgan fingerprint density at radius 2 is 1.91 bits per heavy atom. The Morgan fingerprint density at radius 3 is 2.61 bits per heavy atom. The van der Waals surface area contributed by atoms with Gasteiger partial charge in [-0.1, -0.05) is 42.0 Å². The Kier molecular flexibility index (Phi) is 6.60. The molecule has 168 valence electrons. The zero-order valence-corrected chi connectivity index (χ0v) is 18.6. The summed E-state index contributed by atoms with van der Waals surface area (Å²) in [5, 5.41) is 5.77. The van der Waals surface area contributed by atoms with Gasteiger partial charge in [0.15, 0.2) is 0 Å². The molecule has 1 fully saturated rings. The van der Waals surface area contributed by atoms with Crippen molar-refractivity contribution in [2.75, 3.05) is 19.0 Å². The molecule has 0 spiro atoms. The molecule has 0 radical (unpaired) electrons. The zero-order valence-electron chi connectivity index (χ0n) is 17.9. The van der Waals surface area contributed by atoms with E-state index in [9.17, 15) is 14.4 Å². The molecule has 1 aliphatic heterocycles. The van der Waals surface area contributed by atoms with Gasteiger partial charge < -0.3 is 15.4 Å². The van der Waals surface area contributed by atoms with Gasteiger partial charge in [-0.05, 0) is 60.0 Å². The van der Waals surface area contributed by atoms with Crippen LogP contribution in [0.15, 0.2) is 78.5 Å². The number of benzene rings is 2. The number of hydrogen-bond donors (Lipinski definition) is 2. The van der Waals surface area contributed by atoms with Crippen molar-refractivity contribution >= 4 is 40.7 Å². The molecule has 1 saturated heterocycles. The molecule has 1 atom stereocenters. The molecule has 0 aromatic heterocycles. The first-order valence-corrected chi connectivity index (χ1v) is 10.7. The topological polar surface area (TPSA) is 87.7 Å². The molecule has 2 aliphatic rings. The third-order valence-corrected chi connectivity index (χ3v) is 5.60. The molecule has 2 N–H and O–H groups in total. The fraction of sp³-hybridized carbons (Fsp3) is 0.160. The molecule has 1 heterocycles. The van der Waals surface area contributed by atoms with Gasteiger partial charge in [-0.15, -0.1) is 0 Å². The number of anilines is 1. The van der Waals surface area contributed by atoms with Crippen LogP contribution in [0.1, 0.15) is 12.0 Å². The van der Waals surface area contributed by atoms with E-state index < -0.39 is 17.8 Å². The van der Waals surface area contributed by atoms with E-state index in [2.05, 4.69) is 10.6 Å². The molecule has 1 unspecified atom stereocenters. The first-order chi connectivity index (χ1) is 15.9. The van der Waals surface area contributed by atoms with Gasteiger partial charge in [0.05, 0.1) is 7.11 Å². The Balaban J connectivity index is 1.39. The van der Waals surface area contributed by atoms with E-state index in [0.29, 0.717) is 17.1 Å². The Hall–Kier alpha value is -3.84. The number of ether oxygens (including phenoxy) is 1. The first-order valence-electron chi connectivity index (χ1n) is 10.3. The van der Waals surface area contributed by atoms with E-state index in [4.69, 9.17) is 16.3 Å². The van der Waals surface area contributed by atoms with Crippen LogP contribution in [0.5, 0.6) is 5.75 Å². The second-order valence-electron chi connectivity index (χ2n) is 7.63. The molecular weight excluding hydrogens is 442 g/mol. The summed E-state index contributed by atoms with van der Waals surface area (Å²) in [6.45, 7) is -0.387. The van der Waals surface area contributed by atoms with Crippen molar-refractivity contribution in [1.29, 1.82) is 0 Å². The summed E-state index contributed by atoms with van der Waals surface area (Å²) in [7, 11) is 1.62. The van der Waals surface area contributed by atoms with Gasteiger partial charge in [0.25, 0.3) is 5.91 Å². The Labute approximate surface area is 196 Å². The fourth-order valence-electron chi connectivity index (χ4n) is 3.66. The fourth-order valence-corrected chi connectivity index (χ4v) is 3.79. The molecule has 4 rings (SSSR count). The van der Waals surface area contributed by atoms with E-state index in [0.717, 1.165) is 21.8 Å². The van der Waals surface area contributed by atoms with Gasteiger partial charge in [-0.3, -0.25) is 9.59 Å². The van der Waals surface area contributed by atoms with Crippen LogP contribution in [-0.2, 0) is 9.59 Å². The summed E-state index contributed by atoms with van der Waals surface area (Å²) in [6, 6.07) is 13.7. The van der Waals surface area contributed by atoms with E-state index in [1.165, 1.54) is 0 Å². The summed E-state index contributed by atoms with van der Waals surface area (Å²) in [6.07, 6.45) is 8.33. The lowest BCUT2D eigenvalue weighted by atomic mass is 9.89. The maximum absolute atomic E-state index is 12.8. The average molecular weight is 464 g/mol. The van der Waals surface area contributed by atoms with Crippen molar-refractivity contribution < 1.29 is 19.1 Å². The standard InChI is InChI=1S/C25H22ClN3O4/c1-33-21-11-5-17(6-12-21)18-4-2-3-16(13-18)14-22-24(31)29(25(32)28-22)15-23(30)27-20-9-7-19(26)8-10-20/h2-12,14,16H,13,15H2,1H3,(H,27,30)(H,28,32)/b22-14-. The van der Waals surface area contributed by atoms with Crippen LogP contribution < -0.4 is 15.4 Å². The smallest absolute Gasteiger partial charge is 0.329 e. The van der Waals surface area contributed by atoms with Gasteiger partial charge in [-0.2, -0.15) is 0 Å². The average Bonchev–Trinajstić information content (AvgIpc) is 3.08. The molecule has 7 nitrogen and oxygen atoms in total. The lowest BCUT2D eigenvalue weighted by molar-refractivity contribution is -0.127. The molecule has 4 amide bonds. The number of rotatable bonds is 6. The maximum atomic E-state index is 12.8. The van der Waals surface area contributed by atoms with Crippen molar-refractivity contribution in [3.63, 3.8) is 0 Å². The van der Waals surface area contributed by atoms with Crippen LogP contribution in [0.2, 0.25) is 5.02 Å². The minimum absolute atomic E-state index is 0.0748. The van der Waals surface area contributed by atoms with Crippen LogP contribution in [-0.4, -0.2) is 36.4 Å². The number of carbonyl (C=O) groups excluding carboxylic acids is 3. The molecule has 0 bridgehead atoms. The lowest BCUT2D eigenvalue weighted by Crippen LogP contribution is -2.38. The number of allylic oxidation sites excluding steroid dienone is 5. The van der Waals surface area contributed by atoms with Crippen molar-refractivity contribution in [2.45, 2.75) is 6.42 Å². The summed E-state index contributed by atoms with van der Waals surface area (Å²) < 4.78 is 5.20. The van der Waals surface area contributed by atoms with Crippen molar-refractivity contribution in [3.05, 3.63) is 89.1 Å². The number of nitrogens with one attached hydrogen (secondary N) is 2.